The number of carbonyl (C=O) groups is 1. The molecule has 1 heterocycles. The van der Waals surface area contributed by atoms with Gasteiger partial charge in [0, 0.05) is 17.9 Å². The van der Waals surface area contributed by atoms with Crippen molar-refractivity contribution in [3.63, 3.8) is 0 Å². The van der Waals surface area contributed by atoms with Crippen LogP contribution in [0.5, 0.6) is 0 Å². The summed E-state index contributed by atoms with van der Waals surface area (Å²) < 4.78 is 0. The minimum atomic E-state index is -0.0328. The first kappa shape index (κ1) is 15.5. The summed E-state index contributed by atoms with van der Waals surface area (Å²) in [6, 6.07) is 8.36. The third kappa shape index (κ3) is 3.70. The molecule has 0 spiro atoms. The molecule has 1 aliphatic rings. The lowest BCUT2D eigenvalue weighted by Gasteiger charge is -2.14. The smallest absolute Gasteiger partial charge is 0.253 e. The summed E-state index contributed by atoms with van der Waals surface area (Å²) in [7, 11) is 0. The molecule has 1 aromatic carbocycles. The highest BCUT2D eigenvalue weighted by atomic mass is 16.1. The molecular formula is C19H23N3O. The molecule has 1 aromatic heterocycles. The average molecular weight is 309 g/mol. The number of benzene rings is 1. The van der Waals surface area contributed by atoms with Crippen molar-refractivity contribution in [1.82, 2.24) is 10.3 Å². The second-order valence-corrected chi connectivity index (χ2v) is 6.31. The maximum Gasteiger partial charge on any atom is 0.253 e. The van der Waals surface area contributed by atoms with Crippen LogP contribution in [0.3, 0.4) is 0 Å². The third-order valence-corrected chi connectivity index (χ3v) is 4.44. The zero-order chi connectivity index (χ0) is 16.2. The lowest BCUT2D eigenvalue weighted by Crippen LogP contribution is -2.32. The Morgan fingerprint density at radius 1 is 1.13 bits per heavy atom. The monoisotopic (exact) mass is 309 g/mol. The molecule has 3 rings (SSSR count). The molecule has 0 unspecified atom stereocenters. The number of nitrogens with zero attached hydrogens (tertiary/aromatic N) is 1. The van der Waals surface area contributed by atoms with Gasteiger partial charge in [-0.05, 0) is 43.9 Å². The number of rotatable bonds is 4. The number of amides is 1. The number of hydrogen-bond donors (Lipinski definition) is 2. The van der Waals surface area contributed by atoms with Gasteiger partial charge in [0.1, 0.15) is 0 Å². The van der Waals surface area contributed by atoms with Gasteiger partial charge in [-0.25, -0.2) is 0 Å². The normalized spacial score (nSPS) is 14.7. The number of aromatic nitrogens is 1. The van der Waals surface area contributed by atoms with Gasteiger partial charge < -0.3 is 10.6 Å². The molecule has 23 heavy (non-hydrogen) atoms. The second kappa shape index (κ2) is 6.82. The Bertz CT molecular complexity index is 685. The molecule has 4 heteroatoms. The number of anilines is 2. The van der Waals surface area contributed by atoms with E-state index in [0.29, 0.717) is 11.6 Å². The Hall–Kier alpha value is -2.36. The Balaban J connectivity index is 1.75. The molecule has 2 aromatic rings. The van der Waals surface area contributed by atoms with E-state index in [1.54, 1.807) is 12.4 Å². The van der Waals surface area contributed by atoms with Gasteiger partial charge >= 0.3 is 0 Å². The number of hydrogen-bond acceptors (Lipinski definition) is 3. The molecule has 0 aliphatic heterocycles. The number of carbonyl (C=O) groups excluding carboxylic acids is 1. The standard InChI is InChI=1S/C19H23N3O/c1-13-6-5-7-14(2)18(13)21-17-10-15(11-20-12-17)19(23)22-16-8-3-4-9-16/h5-7,10-12,16,21H,3-4,8-9H2,1-2H3,(H,22,23). The van der Waals surface area contributed by atoms with Crippen molar-refractivity contribution < 1.29 is 4.79 Å². The first-order chi connectivity index (χ1) is 11.1. The Labute approximate surface area is 137 Å². The molecular weight excluding hydrogens is 286 g/mol. The summed E-state index contributed by atoms with van der Waals surface area (Å²) in [4.78, 5) is 16.6. The van der Waals surface area contributed by atoms with Gasteiger partial charge in [0.25, 0.3) is 5.91 Å². The summed E-state index contributed by atoms with van der Waals surface area (Å²) in [6.07, 6.45) is 7.95. The minimum Gasteiger partial charge on any atom is -0.354 e. The maximum absolute atomic E-state index is 12.4. The van der Waals surface area contributed by atoms with E-state index >= 15 is 0 Å². The molecule has 0 bridgehead atoms. The number of aryl methyl sites for hydroxylation is 2. The fraction of sp³-hybridized carbons (Fsp3) is 0.368. The molecule has 2 N–H and O–H groups in total. The van der Waals surface area contributed by atoms with Crippen molar-refractivity contribution in [2.75, 3.05) is 5.32 Å². The fourth-order valence-electron chi connectivity index (χ4n) is 3.13. The van der Waals surface area contributed by atoms with Crippen LogP contribution in [0.4, 0.5) is 11.4 Å². The molecule has 1 aliphatic carbocycles. The molecule has 0 atom stereocenters. The van der Waals surface area contributed by atoms with E-state index in [9.17, 15) is 4.79 Å². The first-order valence-corrected chi connectivity index (χ1v) is 8.22. The lowest BCUT2D eigenvalue weighted by molar-refractivity contribution is 0.0937. The number of para-hydroxylation sites is 1. The van der Waals surface area contributed by atoms with Crippen LogP contribution in [0.15, 0.2) is 36.7 Å². The SMILES string of the molecule is Cc1cccc(C)c1Nc1cncc(C(=O)NC2CCCC2)c1. The third-order valence-electron chi connectivity index (χ3n) is 4.44. The topological polar surface area (TPSA) is 54.0 Å². The van der Waals surface area contributed by atoms with Crippen LogP contribution in [0.1, 0.15) is 47.2 Å². The van der Waals surface area contributed by atoms with Crippen molar-refractivity contribution in [3.05, 3.63) is 53.3 Å². The van der Waals surface area contributed by atoms with E-state index in [1.807, 2.05) is 12.1 Å². The highest BCUT2D eigenvalue weighted by Gasteiger charge is 2.18. The van der Waals surface area contributed by atoms with Crippen LogP contribution in [0.25, 0.3) is 0 Å². The van der Waals surface area contributed by atoms with Gasteiger partial charge in [-0.2, -0.15) is 0 Å². The first-order valence-electron chi connectivity index (χ1n) is 8.22. The van der Waals surface area contributed by atoms with Crippen molar-refractivity contribution in [2.24, 2.45) is 0 Å². The zero-order valence-corrected chi connectivity index (χ0v) is 13.7. The van der Waals surface area contributed by atoms with E-state index in [2.05, 4.69) is 41.6 Å². The minimum absolute atomic E-state index is 0.0328. The average Bonchev–Trinajstić information content (AvgIpc) is 3.04. The summed E-state index contributed by atoms with van der Waals surface area (Å²) in [5.41, 5.74) is 4.86. The van der Waals surface area contributed by atoms with Gasteiger partial charge in [0.15, 0.2) is 0 Å². The van der Waals surface area contributed by atoms with Crippen molar-refractivity contribution in [2.45, 2.75) is 45.6 Å². The molecule has 1 saturated carbocycles. The Morgan fingerprint density at radius 2 is 1.83 bits per heavy atom. The fourth-order valence-corrected chi connectivity index (χ4v) is 3.13. The van der Waals surface area contributed by atoms with E-state index in [0.717, 1.165) is 24.2 Å². The van der Waals surface area contributed by atoms with Crippen LogP contribution in [0, 0.1) is 13.8 Å². The molecule has 4 nitrogen and oxygen atoms in total. The van der Waals surface area contributed by atoms with Crippen LogP contribution in [0.2, 0.25) is 0 Å². The Kier molecular flexibility index (Phi) is 4.60. The number of pyridine rings is 1. The highest BCUT2D eigenvalue weighted by molar-refractivity contribution is 5.95. The van der Waals surface area contributed by atoms with Crippen LogP contribution < -0.4 is 10.6 Å². The van der Waals surface area contributed by atoms with Crippen LogP contribution in [-0.4, -0.2) is 16.9 Å². The summed E-state index contributed by atoms with van der Waals surface area (Å²) in [6.45, 7) is 4.14. The van der Waals surface area contributed by atoms with Crippen molar-refractivity contribution >= 4 is 17.3 Å². The lowest BCUT2D eigenvalue weighted by atomic mass is 10.1. The summed E-state index contributed by atoms with van der Waals surface area (Å²) in [5.74, 6) is -0.0328. The molecule has 120 valence electrons. The van der Waals surface area contributed by atoms with Crippen LogP contribution in [-0.2, 0) is 0 Å². The van der Waals surface area contributed by atoms with Gasteiger partial charge in [0.2, 0.25) is 0 Å². The van der Waals surface area contributed by atoms with E-state index in [1.165, 1.54) is 24.0 Å². The van der Waals surface area contributed by atoms with Gasteiger partial charge in [-0.3, -0.25) is 9.78 Å². The van der Waals surface area contributed by atoms with Gasteiger partial charge in [-0.1, -0.05) is 31.0 Å². The van der Waals surface area contributed by atoms with Crippen molar-refractivity contribution in [3.8, 4) is 0 Å². The highest BCUT2D eigenvalue weighted by Crippen LogP contribution is 2.24. The molecule has 0 saturated heterocycles. The predicted octanol–water partition coefficient (Wildman–Crippen LogP) is 4.11. The molecule has 0 radical (unpaired) electrons. The maximum atomic E-state index is 12.4. The second-order valence-electron chi connectivity index (χ2n) is 6.31. The van der Waals surface area contributed by atoms with Crippen LogP contribution >= 0.6 is 0 Å². The van der Waals surface area contributed by atoms with E-state index in [-0.39, 0.29) is 5.91 Å². The predicted molar refractivity (Wildman–Crippen MR) is 93.2 cm³/mol. The van der Waals surface area contributed by atoms with Gasteiger partial charge in [0.05, 0.1) is 17.4 Å². The molecule has 1 amide bonds. The largest absolute Gasteiger partial charge is 0.354 e. The number of nitrogens with one attached hydrogen (secondary N) is 2. The summed E-state index contributed by atoms with van der Waals surface area (Å²) in [5, 5.41) is 6.49. The molecule has 1 fully saturated rings. The Morgan fingerprint density at radius 3 is 2.52 bits per heavy atom. The van der Waals surface area contributed by atoms with Crippen molar-refractivity contribution in [1.29, 1.82) is 0 Å². The summed E-state index contributed by atoms with van der Waals surface area (Å²) >= 11 is 0. The van der Waals surface area contributed by atoms with E-state index in [4.69, 9.17) is 0 Å². The van der Waals surface area contributed by atoms with Gasteiger partial charge in [-0.15, -0.1) is 0 Å². The van der Waals surface area contributed by atoms with E-state index < -0.39 is 0 Å². The zero-order valence-electron chi connectivity index (χ0n) is 13.7. The quantitative estimate of drug-likeness (QED) is 0.893.